The van der Waals surface area contributed by atoms with Crippen molar-refractivity contribution in [2.24, 2.45) is 0 Å². The van der Waals surface area contributed by atoms with Crippen LogP contribution in [0.2, 0.25) is 0 Å². The highest BCUT2D eigenvalue weighted by Gasteiger charge is 2.25. The molecule has 0 fully saturated rings. The topological polar surface area (TPSA) is 34.1 Å². The van der Waals surface area contributed by atoms with E-state index in [9.17, 15) is 14.0 Å². The van der Waals surface area contributed by atoms with Gasteiger partial charge in [0.2, 0.25) is 12.0 Å². The Bertz CT molecular complexity index is 412. The van der Waals surface area contributed by atoms with Crippen molar-refractivity contribution < 1.29 is 14.0 Å². The van der Waals surface area contributed by atoms with Crippen LogP contribution in [-0.4, -0.2) is 17.7 Å². The third kappa shape index (κ3) is 3.22. The minimum atomic E-state index is -2.06. The van der Waals surface area contributed by atoms with Crippen LogP contribution in [0, 0.1) is 0 Å². The lowest BCUT2D eigenvalue weighted by Gasteiger charge is -2.06. The number of hydrogen-bond acceptors (Lipinski definition) is 2. The van der Waals surface area contributed by atoms with Crippen molar-refractivity contribution >= 4 is 43.4 Å². The Labute approximate surface area is 109 Å². The predicted octanol–water partition coefficient (Wildman–Crippen LogP) is 3.71. The molecule has 0 aliphatic carbocycles. The maximum absolute atomic E-state index is 13.4. The molecule has 0 spiro atoms. The molecular formula is C11H9Br2FO2. The van der Waals surface area contributed by atoms with E-state index in [4.69, 9.17) is 0 Å². The van der Waals surface area contributed by atoms with Gasteiger partial charge in [0.1, 0.15) is 0 Å². The lowest BCUT2D eigenvalue weighted by Crippen LogP contribution is -2.25. The van der Waals surface area contributed by atoms with Crippen LogP contribution in [0.15, 0.2) is 27.1 Å². The number of carbonyl (C=O) groups is 2. The van der Waals surface area contributed by atoms with Gasteiger partial charge in [0.05, 0.1) is 0 Å². The van der Waals surface area contributed by atoms with E-state index < -0.39 is 17.7 Å². The molecule has 0 heterocycles. The fraction of sp³-hybridized carbons (Fsp3) is 0.273. The first-order valence-electron chi connectivity index (χ1n) is 4.62. The van der Waals surface area contributed by atoms with Crippen molar-refractivity contribution in [2.45, 2.75) is 19.5 Å². The van der Waals surface area contributed by atoms with Gasteiger partial charge in [-0.1, -0.05) is 38.8 Å². The maximum atomic E-state index is 13.4. The number of rotatable bonds is 4. The van der Waals surface area contributed by atoms with Gasteiger partial charge in [-0.15, -0.1) is 0 Å². The normalized spacial score (nSPS) is 12.2. The Kier molecular flexibility index (Phi) is 4.80. The summed E-state index contributed by atoms with van der Waals surface area (Å²) in [6, 6.07) is 4.71. The molecule has 0 radical (unpaired) electrons. The summed E-state index contributed by atoms with van der Waals surface area (Å²) in [5, 5.41) is 0. The first kappa shape index (κ1) is 13.5. The molecular weight excluding hydrogens is 343 g/mol. The zero-order valence-electron chi connectivity index (χ0n) is 8.47. The molecule has 1 aromatic carbocycles. The van der Waals surface area contributed by atoms with Crippen LogP contribution >= 0.6 is 31.9 Å². The number of carbonyl (C=O) groups excluding carboxylic acids is 2. The second-order valence-electron chi connectivity index (χ2n) is 3.20. The van der Waals surface area contributed by atoms with E-state index >= 15 is 0 Å². The van der Waals surface area contributed by atoms with Gasteiger partial charge in [-0.25, -0.2) is 4.39 Å². The van der Waals surface area contributed by atoms with Crippen molar-refractivity contribution in [3.8, 4) is 0 Å². The van der Waals surface area contributed by atoms with Crippen molar-refractivity contribution in [1.29, 1.82) is 0 Å². The summed E-state index contributed by atoms with van der Waals surface area (Å²) in [5.74, 6) is -1.49. The molecule has 2 nitrogen and oxygen atoms in total. The number of halogens is 3. The number of benzene rings is 1. The second kappa shape index (κ2) is 5.68. The van der Waals surface area contributed by atoms with E-state index in [1.165, 1.54) is 19.1 Å². The van der Waals surface area contributed by atoms with Gasteiger partial charge >= 0.3 is 0 Å². The monoisotopic (exact) mass is 350 g/mol. The SMILES string of the molecule is CCC(=O)C(F)C(=O)c1cc(Br)cc(Br)c1. The van der Waals surface area contributed by atoms with E-state index in [-0.39, 0.29) is 12.0 Å². The maximum Gasteiger partial charge on any atom is 0.220 e. The molecule has 0 bridgehead atoms. The summed E-state index contributed by atoms with van der Waals surface area (Å²) in [5.41, 5.74) is 0.176. The van der Waals surface area contributed by atoms with Crippen LogP contribution in [0.5, 0.6) is 0 Å². The molecule has 1 atom stereocenters. The molecule has 0 saturated carbocycles. The highest BCUT2D eigenvalue weighted by molar-refractivity contribution is 9.11. The lowest BCUT2D eigenvalue weighted by atomic mass is 10.0. The minimum Gasteiger partial charge on any atom is -0.296 e. The first-order valence-corrected chi connectivity index (χ1v) is 6.21. The molecule has 0 aromatic heterocycles. The summed E-state index contributed by atoms with van der Waals surface area (Å²) in [6.07, 6.45) is -2.05. The van der Waals surface area contributed by atoms with E-state index in [1.54, 1.807) is 6.07 Å². The standard InChI is InChI=1S/C11H9Br2FO2/c1-2-9(15)10(14)11(16)6-3-7(12)5-8(13)4-6/h3-5,10H,2H2,1H3. The van der Waals surface area contributed by atoms with Gasteiger partial charge in [-0.2, -0.15) is 0 Å². The van der Waals surface area contributed by atoms with Gasteiger partial charge in [0.15, 0.2) is 5.78 Å². The van der Waals surface area contributed by atoms with Crippen LogP contribution in [0.1, 0.15) is 23.7 Å². The van der Waals surface area contributed by atoms with Crippen molar-refractivity contribution in [3.05, 3.63) is 32.7 Å². The Morgan fingerprint density at radius 1 is 1.25 bits per heavy atom. The Balaban J connectivity index is 3.00. The molecule has 1 aromatic rings. The molecule has 5 heteroatoms. The largest absolute Gasteiger partial charge is 0.296 e. The first-order chi connectivity index (χ1) is 7.45. The van der Waals surface area contributed by atoms with Gasteiger partial charge < -0.3 is 0 Å². The van der Waals surface area contributed by atoms with Crippen LogP contribution < -0.4 is 0 Å². The van der Waals surface area contributed by atoms with Gasteiger partial charge in [0.25, 0.3) is 0 Å². The van der Waals surface area contributed by atoms with E-state index in [0.29, 0.717) is 8.95 Å². The van der Waals surface area contributed by atoms with Crippen LogP contribution in [0.3, 0.4) is 0 Å². The predicted molar refractivity (Wildman–Crippen MR) is 66.4 cm³/mol. The molecule has 0 amide bonds. The fourth-order valence-electron chi connectivity index (χ4n) is 1.17. The molecule has 0 saturated heterocycles. The quantitative estimate of drug-likeness (QED) is 0.612. The average molecular weight is 352 g/mol. The lowest BCUT2D eigenvalue weighted by molar-refractivity contribution is -0.121. The van der Waals surface area contributed by atoms with E-state index in [1.807, 2.05) is 0 Å². The highest BCUT2D eigenvalue weighted by atomic mass is 79.9. The number of hydrogen-bond donors (Lipinski definition) is 0. The Hall–Kier alpha value is -0.550. The van der Waals surface area contributed by atoms with E-state index in [2.05, 4.69) is 31.9 Å². The zero-order valence-corrected chi connectivity index (χ0v) is 11.6. The summed E-state index contributed by atoms with van der Waals surface area (Å²) >= 11 is 6.39. The molecule has 86 valence electrons. The molecule has 0 aliphatic heterocycles. The van der Waals surface area contributed by atoms with Gasteiger partial charge in [-0.05, 0) is 18.2 Å². The Morgan fingerprint density at radius 2 is 1.75 bits per heavy atom. The van der Waals surface area contributed by atoms with Crippen LogP contribution in [-0.2, 0) is 4.79 Å². The van der Waals surface area contributed by atoms with Gasteiger partial charge in [0, 0.05) is 20.9 Å². The molecule has 1 unspecified atom stereocenters. The molecule has 0 N–H and O–H groups in total. The van der Waals surface area contributed by atoms with Crippen molar-refractivity contribution in [1.82, 2.24) is 0 Å². The molecule has 0 aliphatic rings. The smallest absolute Gasteiger partial charge is 0.220 e. The summed E-state index contributed by atoms with van der Waals surface area (Å²) in [7, 11) is 0. The average Bonchev–Trinajstić information content (AvgIpc) is 2.24. The van der Waals surface area contributed by atoms with E-state index in [0.717, 1.165) is 0 Å². The summed E-state index contributed by atoms with van der Waals surface area (Å²) in [4.78, 5) is 22.7. The number of Topliss-reactive ketones (excluding diaryl/α,β-unsaturated/α-hetero) is 2. The second-order valence-corrected chi connectivity index (χ2v) is 5.04. The highest BCUT2D eigenvalue weighted by Crippen LogP contribution is 2.21. The summed E-state index contributed by atoms with van der Waals surface area (Å²) in [6.45, 7) is 1.53. The zero-order chi connectivity index (χ0) is 12.3. The number of alkyl halides is 1. The van der Waals surface area contributed by atoms with Crippen LogP contribution in [0.25, 0.3) is 0 Å². The Morgan fingerprint density at radius 3 is 2.19 bits per heavy atom. The van der Waals surface area contributed by atoms with Crippen LogP contribution in [0.4, 0.5) is 4.39 Å². The van der Waals surface area contributed by atoms with Gasteiger partial charge in [-0.3, -0.25) is 9.59 Å². The minimum absolute atomic E-state index is 0.0160. The molecule has 1 rings (SSSR count). The third-order valence-electron chi connectivity index (χ3n) is 2.01. The molecule has 16 heavy (non-hydrogen) atoms. The summed E-state index contributed by atoms with van der Waals surface area (Å²) < 4.78 is 14.7. The third-order valence-corrected chi connectivity index (χ3v) is 2.92. The number of ketones is 2. The van der Waals surface area contributed by atoms with Crippen molar-refractivity contribution in [2.75, 3.05) is 0 Å². The fourth-order valence-corrected chi connectivity index (χ4v) is 2.46. The van der Waals surface area contributed by atoms with Crippen molar-refractivity contribution in [3.63, 3.8) is 0 Å².